The van der Waals surface area contributed by atoms with E-state index in [1.807, 2.05) is 24.3 Å². The van der Waals surface area contributed by atoms with E-state index in [1.165, 1.54) is 0 Å². The Hall–Kier alpha value is -2.79. The number of esters is 1. The van der Waals surface area contributed by atoms with Gasteiger partial charge in [0.05, 0.1) is 17.9 Å². The Morgan fingerprint density at radius 3 is 2.68 bits per heavy atom. The Balaban J connectivity index is 1.71. The number of hydrogen-bond donors (Lipinski definition) is 1. The summed E-state index contributed by atoms with van der Waals surface area (Å²) in [5.74, 6) is -0.0502. The number of thioether (sulfide) groups is 1. The lowest BCUT2D eigenvalue weighted by molar-refractivity contribution is 0.0526. The highest BCUT2D eigenvalue weighted by molar-refractivity contribution is 8.15. The molecule has 0 unspecified atom stereocenters. The zero-order chi connectivity index (χ0) is 17.4. The lowest BCUT2D eigenvalue weighted by atomic mass is 10.0. The molecule has 1 aliphatic rings. The molecule has 0 bridgehead atoms. The minimum Gasteiger partial charge on any atom is -0.507 e. The van der Waals surface area contributed by atoms with Gasteiger partial charge in [-0.15, -0.1) is 0 Å². The van der Waals surface area contributed by atoms with Gasteiger partial charge in [0.2, 0.25) is 0 Å². The van der Waals surface area contributed by atoms with Crippen molar-refractivity contribution >= 4 is 39.2 Å². The summed E-state index contributed by atoms with van der Waals surface area (Å²) in [7, 11) is 0. The van der Waals surface area contributed by atoms with Gasteiger partial charge in [-0.3, -0.25) is 0 Å². The van der Waals surface area contributed by atoms with E-state index >= 15 is 0 Å². The number of phenolic OH excluding ortho intramolecular Hbond substituents is 1. The van der Waals surface area contributed by atoms with Crippen molar-refractivity contribution < 1.29 is 14.6 Å². The Kier molecular flexibility index (Phi) is 3.93. The van der Waals surface area contributed by atoms with Crippen molar-refractivity contribution in [2.24, 2.45) is 4.99 Å². The van der Waals surface area contributed by atoms with Crippen LogP contribution >= 0.6 is 11.8 Å². The average Bonchev–Trinajstić information content (AvgIpc) is 2.97. The first-order valence-corrected chi connectivity index (χ1v) is 8.78. The van der Waals surface area contributed by atoms with E-state index in [2.05, 4.69) is 0 Å². The number of carbonyl (C=O) groups excluding carboxylic acids is 1. The molecule has 0 aromatic heterocycles. The molecule has 3 aromatic carbocycles. The molecule has 3 aromatic rings. The van der Waals surface area contributed by atoms with Gasteiger partial charge in [-0.2, -0.15) is 0 Å². The Morgan fingerprint density at radius 1 is 1.12 bits per heavy atom. The maximum atomic E-state index is 11.7. The van der Waals surface area contributed by atoms with Crippen LogP contribution in [0.25, 0.3) is 10.8 Å². The summed E-state index contributed by atoms with van der Waals surface area (Å²) in [6.45, 7) is 2.14. The third-order valence-corrected chi connectivity index (χ3v) is 5.09. The summed E-state index contributed by atoms with van der Waals surface area (Å²) in [5.41, 5.74) is 2.30. The number of aliphatic imine (C=N–C) groups is 1. The van der Waals surface area contributed by atoms with E-state index in [9.17, 15) is 9.90 Å². The molecule has 124 valence electrons. The number of phenols is 1. The molecular formula is C20H15NO3S. The predicted molar refractivity (Wildman–Crippen MR) is 100 cm³/mol. The first-order valence-electron chi connectivity index (χ1n) is 7.96. The van der Waals surface area contributed by atoms with Gasteiger partial charge in [0.1, 0.15) is 10.8 Å². The molecule has 0 amide bonds. The molecule has 0 aliphatic carbocycles. The van der Waals surface area contributed by atoms with Crippen molar-refractivity contribution in [1.29, 1.82) is 0 Å². The maximum Gasteiger partial charge on any atom is 0.338 e. The number of hydrogen-bond acceptors (Lipinski definition) is 5. The molecule has 0 saturated carbocycles. The molecular weight excluding hydrogens is 334 g/mol. The van der Waals surface area contributed by atoms with Crippen LogP contribution in [-0.4, -0.2) is 22.7 Å². The van der Waals surface area contributed by atoms with Gasteiger partial charge in [0.25, 0.3) is 0 Å². The van der Waals surface area contributed by atoms with Gasteiger partial charge in [0, 0.05) is 21.2 Å². The van der Waals surface area contributed by atoms with E-state index in [0.717, 1.165) is 32.0 Å². The summed E-state index contributed by atoms with van der Waals surface area (Å²) in [4.78, 5) is 17.5. The lowest BCUT2D eigenvalue weighted by Crippen LogP contribution is -2.03. The fourth-order valence-electron chi connectivity index (χ4n) is 2.87. The lowest BCUT2D eigenvalue weighted by Gasteiger charge is -2.03. The molecule has 0 spiro atoms. The SMILES string of the molecule is CCOC(=O)c1ccc(N=C2Sc3cccc4c(O)ccc2c34)cc1. The van der Waals surface area contributed by atoms with E-state index in [-0.39, 0.29) is 11.7 Å². The predicted octanol–water partition coefficient (Wildman–Crippen LogP) is 4.91. The van der Waals surface area contributed by atoms with Gasteiger partial charge in [0.15, 0.2) is 0 Å². The van der Waals surface area contributed by atoms with Crippen LogP contribution in [0.5, 0.6) is 5.75 Å². The normalized spacial score (nSPS) is 14.2. The summed E-state index contributed by atoms with van der Waals surface area (Å²) in [6, 6.07) is 16.5. The van der Waals surface area contributed by atoms with E-state index in [1.54, 1.807) is 49.0 Å². The van der Waals surface area contributed by atoms with Crippen molar-refractivity contribution in [1.82, 2.24) is 0 Å². The molecule has 4 nitrogen and oxygen atoms in total. The standard InChI is InChI=1S/C20H15NO3S/c1-2-24-20(23)12-6-8-13(9-7-12)21-19-15-10-11-16(22)14-4-3-5-17(25-19)18(14)15/h3-11,22H,2H2,1H3. The summed E-state index contributed by atoms with van der Waals surface area (Å²) < 4.78 is 4.99. The van der Waals surface area contributed by atoms with Crippen molar-refractivity contribution in [3.05, 3.63) is 65.7 Å². The van der Waals surface area contributed by atoms with Crippen molar-refractivity contribution in [2.45, 2.75) is 11.8 Å². The molecule has 0 atom stereocenters. The first-order chi connectivity index (χ1) is 12.2. The number of ether oxygens (including phenoxy) is 1. The minimum atomic E-state index is -0.329. The number of rotatable bonds is 3. The monoisotopic (exact) mass is 349 g/mol. The van der Waals surface area contributed by atoms with Crippen LogP contribution in [-0.2, 0) is 4.74 Å². The van der Waals surface area contributed by atoms with Gasteiger partial charge in [-0.05, 0) is 49.4 Å². The molecule has 1 aliphatic heterocycles. The fraction of sp³-hybridized carbons (Fsp3) is 0.100. The largest absolute Gasteiger partial charge is 0.507 e. The van der Waals surface area contributed by atoms with Crippen LogP contribution in [0.3, 0.4) is 0 Å². The summed E-state index contributed by atoms with van der Waals surface area (Å²) >= 11 is 1.58. The number of aromatic hydroxyl groups is 1. The summed E-state index contributed by atoms with van der Waals surface area (Å²) in [5, 5.41) is 12.8. The van der Waals surface area contributed by atoms with Crippen molar-refractivity contribution in [3.8, 4) is 5.75 Å². The molecule has 0 fully saturated rings. The Labute approximate surface area is 149 Å². The molecule has 1 N–H and O–H groups in total. The molecule has 0 radical (unpaired) electrons. The zero-order valence-corrected chi connectivity index (χ0v) is 14.3. The number of benzene rings is 3. The van der Waals surface area contributed by atoms with E-state index in [4.69, 9.17) is 9.73 Å². The van der Waals surface area contributed by atoms with Crippen LogP contribution in [0.4, 0.5) is 5.69 Å². The topological polar surface area (TPSA) is 58.9 Å². The Bertz CT molecular complexity index is 1010. The highest BCUT2D eigenvalue weighted by atomic mass is 32.2. The van der Waals surface area contributed by atoms with Gasteiger partial charge in [-0.25, -0.2) is 9.79 Å². The number of carbonyl (C=O) groups is 1. The first kappa shape index (κ1) is 15.7. The average molecular weight is 349 g/mol. The second-order valence-corrected chi connectivity index (χ2v) is 6.63. The molecule has 0 saturated heterocycles. The van der Waals surface area contributed by atoms with Crippen LogP contribution in [0.15, 0.2) is 64.5 Å². The van der Waals surface area contributed by atoms with Crippen LogP contribution in [0, 0.1) is 0 Å². The molecule has 25 heavy (non-hydrogen) atoms. The van der Waals surface area contributed by atoms with Crippen LogP contribution in [0.1, 0.15) is 22.8 Å². The van der Waals surface area contributed by atoms with Crippen LogP contribution in [0.2, 0.25) is 0 Å². The smallest absolute Gasteiger partial charge is 0.338 e. The molecule has 4 rings (SSSR count). The maximum absolute atomic E-state index is 11.7. The fourth-order valence-corrected chi connectivity index (χ4v) is 3.97. The van der Waals surface area contributed by atoms with Crippen molar-refractivity contribution in [2.75, 3.05) is 6.61 Å². The molecule has 1 heterocycles. The highest BCUT2D eigenvalue weighted by Crippen LogP contribution is 2.44. The Morgan fingerprint density at radius 2 is 1.92 bits per heavy atom. The van der Waals surface area contributed by atoms with Gasteiger partial charge >= 0.3 is 5.97 Å². The summed E-state index contributed by atoms with van der Waals surface area (Å²) in [6.07, 6.45) is 0. The van der Waals surface area contributed by atoms with E-state index in [0.29, 0.717) is 12.2 Å². The second kappa shape index (κ2) is 6.26. The van der Waals surface area contributed by atoms with E-state index < -0.39 is 0 Å². The van der Waals surface area contributed by atoms with Crippen LogP contribution < -0.4 is 0 Å². The third kappa shape index (κ3) is 2.76. The molecule has 5 heteroatoms. The van der Waals surface area contributed by atoms with Crippen molar-refractivity contribution in [3.63, 3.8) is 0 Å². The zero-order valence-electron chi connectivity index (χ0n) is 13.5. The second-order valence-electron chi connectivity index (χ2n) is 5.60. The highest BCUT2D eigenvalue weighted by Gasteiger charge is 2.22. The quantitative estimate of drug-likeness (QED) is 0.683. The van der Waals surface area contributed by atoms with Gasteiger partial charge < -0.3 is 9.84 Å². The van der Waals surface area contributed by atoms with Gasteiger partial charge in [-0.1, -0.05) is 23.9 Å². The minimum absolute atomic E-state index is 0.279. The number of nitrogens with zero attached hydrogens (tertiary/aromatic N) is 1. The third-order valence-electron chi connectivity index (χ3n) is 4.03.